The van der Waals surface area contributed by atoms with Crippen molar-refractivity contribution < 1.29 is 39.5 Å². The van der Waals surface area contributed by atoms with Gasteiger partial charge in [-0.15, -0.1) is 0 Å². The molecule has 324 valence electrons. The van der Waals surface area contributed by atoms with Crippen LogP contribution >= 0.6 is 0 Å². The molecule has 0 aliphatic heterocycles. The SMILES string of the molecule is CC.CC(C)Oc1cc2nc(-c3ccnn3C)cn2cc1NC(=O)c1cccc(C(F)F)n1.CC(C)Oc1cc2nc(C3CC3)cn2cc1NC(=O)c1cccc(C(F)F)n1.[HH].[HH]. The number of carbonyl (C=O) groups is 2. The number of amides is 2. The van der Waals surface area contributed by atoms with Gasteiger partial charge in [0.15, 0.2) is 0 Å². The molecule has 0 aromatic carbocycles. The third-order valence-electron chi connectivity index (χ3n) is 8.88. The lowest BCUT2D eigenvalue weighted by atomic mass is 10.2. The molecule has 2 N–H and O–H groups in total. The average Bonchev–Trinajstić information content (AvgIpc) is 3.66. The quantitative estimate of drug-likeness (QED) is 0.114. The van der Waals surface area contributed by atoms with Crippen LogP contribution in [-0.2, 0) is 7.05 Å². The first-order chi connectivity index (χ1) is 29.2. The fraction of sp³-hybridized carbons (Fsp3) is 0.326. The molecule has 1 aliphatic carbocycles. The molecule has 1 saturated carbocycles. The van der Waals surface area contributed by atoms with Gasteiger partial charge in [-0.05, 0) is 70.9 Å². The van der Waals surface area contributed by atoms with E-state index in [9.17, 15) is 27.2 Å². The number of nitrogens with one attached hydrogen (secondary N) is 2. The Bertz CT molecular complexity index is 2650. The second-order valence-corrected chi connectivity index (χ2v) is 14.3. The molecule has 7 aromatic heterocycles. The number of nitrogens with zero attached hydrogens (tertiary/aromatic N) is 8. The van der Waals surface area contributed by atoms with E-state index in [2.05, 4.69) is 35.7 Å². The molecule has 1 fully saturated rings. The molecule has 0 saturated heterocycles. The van der Waals surface area contributed by atoms with E-state index in [1.54, 1.807) is 46.0 Å². The lowest BCUT2D eigenvalue weighted by Gasteiger charge is -2.15. The van der Waals surface area contributed by atoms with E-state index in [0.717, 1.165) is 29.9 Å². The van der Waals surface area contributed by atoms with Gasteiger partial charge in [-0.3, -0.25) is 14.3 Å². The molecule has 2 amide bonds. The minimum atomic E-state index is -2.76. The zero-order valence-corrected chi connectivity index (χ0v) is 34.6. The van der Waals surface area contributed by atoms with Gasteiger partial charge in [0.1, 0.15) is 62.6 Å². The number of rotatable bonds is 12. The maximum absolute atomic E-state index is 12.9. The largest absolute Gasteiger partial charge is 0.489 e. The highest BCUT2D eigenvalue weighted by Crippen LogP contribution is 2.40. The summed E-state index contributed by atoms with van der Waals surface area (Å²) >= 11 is 0. The number of carbonyl (C=O) groups excluding carboxylic acids is 2. The highest BCUT2D eigenvalue weighted by Gasteiger charge is 2.27. The first kappa shape index (κ1) is 43.7. The van der Waals surface area contributed by atoms with Crippen LogP contribution in [0.1, 0.15) is 114 Å². The standard InChI is InChI=1S/C21H20F2N6O2.C20H20F2N4O2.C2H6.2H2/c1-12(2)31-18-9-19-26-15(17-7-8-24-28(17)3)10-29(19)11-16(18)27-21(30)14-6-4-5-13(25-14)20(22)23;1-11(2)28-17-8-18-24-15(12-6-7-12)9-26(18)10-16(17)25-20(27)14-5-3-4-13(23-14)19(21)22;1-2;;/h4-12,20H,1-3H3,(H,27,30);3-5,8-12,19H,6-7H2,1-2H3,(H,25,27);1-2H3;2*1H. The molecular formula is C43H50F4N10O4. The van der Waals surface area contributed by atoms with Crippen LogP contribution in [0.15, 0.2) is 85.6 Å². The van der Waals surface area contributed by atoms with Crippen LogP contribution in [0.5, 0.6) is 11.5 Å². The first-order valence-electron chi connectivity index (χ1n) is 19.7. The predicted molar refractivity (Wildman–Crippen MR) is 226 cm³/mol. The van der Waals surface area contributed by atoms with Crippen molar-refractivity contribution in [2.45, 2.75) is 85.4 Å². The van der Waals surface area contributed by atoms with Crippen molar-refractivity contribution >= 4 is 34.5 Å². The first-order valence-corrected chi connectivity index (χ1v) is 19.7. The fourth-order valence-corrected chi connectivity index (χ4v) is 6.04. The van der Waals surface area contributed by atoms with E-state index in [1.807, 2.05) is 65.3 Å². The number of anilines is 2. The van der Waals surface area contributed by atoms with Gasteiger partial charge in [0.05, 0.1) is 23.6 Å². The number of halogens is 4. The molecule has 8 rings (SSSR count). The number of ether oxygens (including phenoxy) is 2. The van der Waals surface area contributed by atoms with Crippen molar-refractivity contribution in [1.29, 1.82) is 0 Å². The Morgan fingerprint density at radius 1 is 0.705 bits per heavy atom. The summed E-state index contributed by atoms with van der Waals surface area (Å²) in [6.45, 7) is 11.5. The van der Waals surface area contributed by atoms with E-state index in [-0.39, 0.29) is 26.4 Å². The summed E-state index contributed by atoms with van der Waals surface area (Å²) in [6.07, 6.45) is 5.30. The number of hydrogen-bond acceptors (Lipinski definition) is 9. The van der Waals surface area contributed by atoms with E-state index in [4.69, 9.17) is 9.47 Å². The summed E-state index contributed by atoms with van der Waals surface area (Å²) < 4.78 is 68.6. The van der Waals surface area contributed by atoms with Crippen LogP contribution in [0.3, 0.4) is 0 Å². The van der Waals surface area contributed by atoms with E-state index < -0.39 is 36.1 Å². The van der Waals surface area contributed by atoms with Crippen molar-refractivity contribution in [3.05, 3.63) is 114 Å². The summed E-state index contributed by atoms with van der Waals surface area (Å²) in [4.78, 5) is 42.0. The summed E-state index contributed by atoms with van der Waals surface area (Å²) in [6, 6.07) is 13.2. The molecule has 61 heavy (non-hydrogen) atoms. The van der Waals surface area contributed by atoms with Crippen LogP contribution in [-0.4, -0.2) is 62.5 Å². The van der Waals surface area contributed by atoms with Gasteiger partial charge in [-0.2, -0.15) is 5.10 Å². The van der Waals surface area contributed by atoms with E-state index in [1.165, 1.54) is 36.4 Å². The monoisotopic (exact) mass is 846 g/mol. The van der Waals surface area contributed by atoms with Crippen LogP contribution in [0, 0.1) is 0 Å². The van der Waals surface area contributed by atoms with Crippen LogP contribution in [0.4, 0.5) is 28.9 Å². The molecule has 7 aromatic rings. The van der Waals surface area contributed by atoms with E-state index >= 15 is 0 Å². The van der Waals surface area contributed by atoms with Gasteiger partial charge in [0, 0.05) is 58.9 Å². The maximum atomic E-state index is 12.9. The summed E-state index contributed by atoms with van der Waals surface area (Å²) in [7, 11) is 1.82. The predicted octanol–water partition coefficient (Wildman–Crippen LogP) is 10.2. The fourth-order valence-electron chi connectivity index (χ4n) is 6.04. The highest BCUT2D eigenvalue weighted by molar-refractivity contribution is 6.04. The molecule has 1 aliphatic rings. The minimum Gasteiger partial charge on any atom is -0.489 e. The molecule has 0 bridgehead atoms. The lowest BCUT2D eigenvalue weighted by molar-refractivity contribution is 0.101. The Kier molecular flexibility index (Phi) is 13.6. The number of hydrogen-bond donors (Lipinski definition) is 2. The molecule has 0 unspecified atom stereocenters. The van der Waals surface area contributed by atoms with E-state index in [0.29, 0.717) is 40.1 Å². The Hall–Kier alpha value is -6.85. The number of aromatic nitrogens is 8. The van der Waals surface area contributed by atoms with Gasteiger partial charge in [-0.25, -0.2) is 37.5 Å². The van der Waals surface area contributed by atoms with Gasteiger partial charge in [0.2, 0.25) is 0 Å². The Labute approximate surface area is 352 Å². The second kappa shape index (κ2) is 19.0. The number of imidazole rings is 2. The maximum Gasteiger partial charge on any atom is 0.280 e. The zero-order valence-electron chi connectivity index (χ0n) is 34.6. The molecule has 0 spiro atoms. The number of fused-ring (bicyclic) bond motifs is 2. The number of alkyl halides is 4. The van der Waals surface area contributed by atoms with Gasteiger partial charge >= 0.3 is 0 Å². The molecule has 0 atom stereocenters. The van der Waals surface area contributed by atoms with Crippen molar-refractivity contribution in [2.75, 3.05) is 10.6 Å². The molecule has 14 nitrogen and oxygen atoms in total. The zero-order chi connectivity index (χ0) is 44.0. The average molecular weight is 847 g/mol. The molecule has 0 radical (unpaired) electrons. The van der Waals surface area contributed by atoms with Crippen molar-refractivity contribution in [3.8, 4) is 22.9 Å². The molecule has 7 heterocycles. The van der Waals surface area contributed by atoms with Gasteiger partial charge < -0.3 is 28.9 Å². The van der Waals surface area contributed by atoms with Crippen LogP contribution in [0.2, 0.25) is 0 Å². The number of aryl methyl sites for hydroxylation is 1. The Morgan fingerprint density at radius 3 is 1.64 bits per heavy atom. The molecular weight excluding hydrogens is 797 g/mol. The molecule has 18 heteroatoms. The highest BCUT2D eigenvalue weighted by atomic mass is 19.3. The third-order valence-corrected chi connectivity index (χ3v) is 8.88. The van der Waals surface area contributed by atoms with Crippen molar-refractivity contribution in [2.24, 2.45) is 7.05 Å². The lowest BCUT2D eigenvalue weighted by Crippen LogP contribution is -2.17. The normalized spacial score (nSPS) is 12.4. The summed E-state index contributed by atoms with van der Waals surface area (Å²) in [5.41, 5.74) is 3.58. The van der Waals surface area contributed by atoms with Crippen LogP contribution in [0.25, 0.3) is 22.7 Å². The number of pyridine rings is 4. The third kappa shape index (κ3) is 10.7. The van der Waals surface area contributed by atoms with Gasteiger partial charge in [0.25, 0.3) is 24.7 Å². The minimum absolute atomic E-state index is 0. The smallest absolute Gasteiger partial charge is 0.280 e. The summed E-state index contributed by atoms with van der Waals surface area (Å²) in [5.74, 6) is 0.158. The summed E-state index contributed by atoms with van der Waals surface area (Å²) in [5, 5.41) is 9.59. The topological polar surface area (TPSA) is 155 Å². The van der Waals surface area contributed by atoms with Gasteiger partial charge in [-0.1, -0.05) is 26.0 Å². The van der Waals surface area contributed by atoms with Crippen LogP contribution < -0.4 is 20.1 Å². The Morgan fingerprint density at radius 2 is 1.20 bits per heavy atom. The Balaban J connectivity index is 0.000000259. The second-order valence-electron chi connectivity index (χ2n) is 14.3. The van der Waals surface area contributed by atoms with Crippen molar-refractivity contribution in [3.63, 3.8) is 0 Å². The van der Waals surface area contributed by atoms with Crippen molar-refractivity contribution in [1.82, 2.24) is 38.5 Å².